The molecule has 0 aliphatic rings. The minimum absolute atomic E-state index is 0.0693. The maximum absolute atomic E-state index is 11.8. The fraction of sp³-hybridized carbons (Fsp3) is 0.765. The van der Waals surface area contributed by atoms with Crippen molar-refractivity contribution in [2.24, 2.45) is 10.4 Å². The van der Waals surface area contributed by atoms with E-state index in [1.165, 1.54) is 12.8 Å². The first-order valence-electron chi connectivity index (χ1n) is 8.14. The van der Waals surface area contributed by atoms with E-state index >= 15 is 0 Å². The zero-order valence-corrected chi connectivity index (χ0v) is 15.0. The highest BCUT2D eigenvalue weighted by Gasteiger charge is 2.20. The van der Waals surface area contributed by atoms with E-state index in [9.17, 15) is 4.79 Å². The van der Waals surface area contributed by atoms with Crippen LogP contribution < -0.4 is 10.6 Å². The molecule has 5 heteroatoms. The van der Waals surface area contributed by atoms with Crippen LogP contribution in [0.5, 0.6) is 0 Å². The number of hydrogen-bond donors (Lipinski definition) is 2. The molecule has 0 unspecified atom stereocenters. The molecule has 2 N–H and O–H groups in total. The predicted molar refractivity (Wildman–Crippen MR) is 95.1 cm³/mol. The minimum atomic E-state index is -0.343. The molecule has 0 bridgehead atoms. The monoisotopic (exact) mass is 310 g/mol. The molecule has 0 rings (SSSR count). The van der Waals surface area contributed by atoms with Gasteiger partial charge in [-0.25, -0.2) is 0 Å². The van der Waals surface area contributed by atoms with Gasteiger partial charge in [-0.15, -0.1) is 6.58 Å². The topological polar surface area (TPSA) is 56.7 Å². The Morgan fingerprint density at radius 1 is 1.18 bits per heavy atom. The molecule has 0 saturated heterocycles. The van der Waals surface area contributed by atoms with Crippen LogP contribution in [0.15, 0.2) is 17.6 Å². The van der Waals surface area contributed by atoms with Crippen LogP contribution in [0.25, 0.3) is 0 Å². The lowest BCUT2D eigenvalue weighted by Crippen LogP contribution is -2.44. The van der Waals surface area contributed by atoms with Crippen molar-refractivity contribution >= 4 is 11.9 Å². The molecule has 0 aromatic rings. The molecule has 0 atom stereocenters. The minimum Gasteiger partial charge on any atom is -0.354 e. The molecule has 0 spiro atoms. The number of guanidine groups is 1. The molecule has 0 aromatic carbocycles. The standard InChI is InChI=1S/C17H34N4O/c1-7-8-9-10-11-14-21(6)16(18-5)20-13-12-19-15(22)17(2,3)4/h7H,1,8-14H2,2-6H3,(H,18,20)(H,19,22). The van der Waals surface area contributed by atoms with Gasteiger partial charge in [-0.1, -0.05) is 33.3 Å². The normalized spacial score (nSPS) is 12.0. The largest absolute Gasteiger partial charge is 0.354 e. The van der Waals surface area contributed by atoms with E-state index in [2.05, 4.69) is 27.1 Å². The van der Waals surface area contributed by atoms with Crippen LogP contribution in [0, 0.1) is 5.41 Å². The van der Waals surface area contributed by atoms with E-state index in [4.69, 9.17) is 0 Å². The molecule has 0 aliphatic heterocycles. The molecular weight excluding hydrogens is 276 g/mol. The lowest BCUT2D eigenvalue weighted by atomic mass is 9.96. The van der Waals surface area contributed by atoms with Crippen molar-refractivity contribution in [1.82, 2.24) is 15.5 Å². The fourth-order valence-corrected chi connectivity index (χ4v) is 1.92. The van der Waals surface area contributed by atoms with E-state index < -0.39 is 0 Å². The number of carbonyl (C=O) groups excluding carboxylic acids is 1. The number of hydrogen-bond acceptors (Lipinski definition) is 2. The number of nitrogens with zero attached hydrogens (tertiary/aromatic N) is 2. The summed E-state index contributed by atoms with van der Waals surface area (Å²) in [7, 11) is 3.82. The Morgan fingerprint density at radius 3 is 2.36 bits per heavy atom. The van der Waals surface area contributed by atoms with Gasteiger partial charge < -0.3 is 15.5 Å². The molecule has 0 fully saturated rings. The quantitative estimate of drug-likeness (QED) is 0.298. The summed E-state index contributed by atoms with van der Waals surface area (Å²) in [6.07, 6.45) is 6.60. The Balaban J connectivity index is 3.91. The second kappa shape index (κ2) is 11.1. The van der Waals surface area contributed by atoms with Gasteiger partial charge >= 0.3 is 0 Å². The van der Waals surface area contributed by atoms with E-state index in [0.29, 0.717) is 13.1 Å². The Kier molecular flexibility index (Phi) is 10.3. The molecule has 0 heterocycles. The third-order valence-electron chi connectivity index (χ3n) is 3.35. The van der Waals surface area contributed by atoms with Gasteiger partial charge in [0.15, 0.2) is 5.96 Å². The van der Waals surface area contributed by atoms with E-state index in [0.717, 1.165) is 25.3 Å². The average Bonchev–Trinajstić information content (AvgIpc) is 2.45. The van der Waals surface area contributed by atoms with Gasteiger partial charge in [0, 0.05) is 39.1 Å². The number of unbranched alkanes of at least 4 members (excludes halogenated alkanes) is 3. The SMILES string of the molecule is C=CCCCCCN(C)C(=NC)NCCNC(=O)C(C)(C)C. The van der Waals surface area contributed by atoms with Crippen molar-refractivity contribution in [2.45, 2.75) is 46.5 Å². The summed E-state index contributed by atoms with van der Waals surface area (Å²) >= 11 is 0. The zero-order chi connectivity index (χ0) is 17.0. The summed E-state index contributed by atoms with van der Waals surface area (Å²) in [6.45, 7) is 11.7. The first-order chi connectivity index (χ1) is 10.3. The van der Waals surface area contributed by atoms with Gasteiger partial charge in [-0.05, 0) is 19.3 Å². The average molecular weight is 310 g/mol. The summed E-state index contributed by atoms with van der Waals surface area (Å²) in [5, 5.41) is 6.20. The lowest BCUT2D eigenvalue weighted by molar-refractivity contribution is -0.128. The molecule has 1 amide bonds. The summed E-state index contributed by atoms with van der Waals surface area (Å²) in [4.78, 5) is 18.1. The molecule has 0 saturated carbocycles. The third-order valence-corrected chi connectivity index (χ3v) is 3.35. The highest BCUT2D eigenvalue weighted by atomic mass is 16.2. The summed E-state index contributed by atoms with van der Waals surface area (Å²) in [5.74, 6) is 0.939. The van der Waals surface area contributed by atoms with Gasteiger partial charge in [-0.2, -0.15) is 0 Å². The first kappa shape index (κ1) is 20.5. The number of rotatable bonds is 9. The van der Waals surface area contributed by atoms with Gasteiger partial charge in [-0.3, -0.25) is 9.79 Å². The molecule has 22 heavy (non-hydrogen) atoms. The Hall–Kier alpha value is -1.52. The number of amides is 1. The molecular formula is C17H34N4O. The maximum Gasteiger partial charge on any atom is 0.225 e. The Labute approximate surface area is 136 Å². The van der Waals surface area contributed by atoms with E-state index in [-0.39, 0.29) is 11.3 Å². The summed E-state index contributed by atoms with van der Waals surface area (Å²) in [5.41, 5.74) is -0.343. The number of aliphatic imine (C=N–C) groups is 1. The van der Waals surface area contributed by atoms with Crippen LogP contribution in [0.3, 0.4) is 0 Å². The van der Waals surface area contributed by atoms with Crippen molar-refractivity contribution in [3.05, 3.63) is 12.7 Å². The smallest absolute Gasteiger partial charge is 0.225 e. The number of allylic oxidation sites excluding steroid dienone is 1. The molecule has 0 aromatic heterocycles. The fourth-order valence-electron chi connectivity index (χ4n) is 1.92. The van der Waals surface area contributed by atoms with Gasteiger partial charge in [0.1, 0.15) is 0 Å². The highest BCUT2D eigenvalue weighted by molar-refractivity contribution is 5.81. The van der Waals surface area contributed by atoms with Crippen LogP contribution in [0.2, 0.25) is 0 Å². The summed E-state index contributed by atoms with van der Waals surface area (Å²) < 4.78 is 0. The molecule has 5 nitrogen and oxygen atoms in total. The van der Waals surface area contributed by atoms with Crippen LogP contribution >= 0.6 is 0 Å². The Bertz CT molecular complexity index is 358. The number of nitrogens with one attached hydrogen (secondary N) is 2. The van der Waals surface area contributed by atoms with Gasteiger partial charge in [0.2, 0.25) is 5.91 Å². The lowest BCUT2D eigenvalue weighted by Gasteiger charge is -2.23. The predicted octanol–water partition coefficient (Wildman–Crippen LogP) is 2.40. The van der Waals surface area contributed by atoms with Gasteiger partial charge in [0.25, 0.3) is 0 Å². The number of carbonyl (C=O) groups is 1. The van der Waals surface area contributed by atoms with Crippen LogP contribution in [-0.4, -0.2) is 50.5 Å². The summed E-state index contributed by atoms with van der Waals surface area (Å²) in [6, 6.07) is 0. The molecule has 128 valence electrons. The van der Waals surface area contributed by atoms with Crippen molar-refractivity contribution < 1.29 is 4.79 Å². The zero-order valence-electron chi connectivity index (χ0n) is 15.0. The van der Waals surface area contributed by atoms with Crippen molar-refractivity contribution in [1.29, 1.82) is 0 Å². The second-order valence-electron chi connectivity index (χ2n) is 6.54. The molecule has 0 aliphatic carbocycles. The first-order valence-corrected chi connectivity index (χ1v) is 8.14. The van der Waals surface area contributed by atoms with E-state index in [1.807, 2.05) is 33.9 Å². The third kappa shape index (κ3) is 9.42. The van der Waals surface area contributed by atoms with Crippen LogP contribution in [0.4, 0.5) is 0 Å². The van der Waals surface area contributed by atoms with Crippen LogP contribution in [-0.2, 0) is 4.79 Å². The van der Waals surface area contributed by atoms with Crippen molar-refractivity contribution in [2.75, 3.05) is 33.7 Å². The van der Waals surface area contributed by atoms with Gasteiger partial charge in [0.05, 0.1) is 0 Å². The molecule has 0 radical (unpaired) electrons. The Morgan fingerprint density at radius 2 is 1.82 bits per heavy atom. The van der Waals surface area contributed by atoms with Crippen molar-refractivity contribution in [3.8, 4) is 0 Å². The van der Waals surface area contributed by atoms with E-state index in [1.54, 1.807) is 7.05 Å². The maximum atomic E-state index is 11.8. The van der Waals surface area contributed by atoms with Crippen LogP contribution in [0.1, 0.15) is 46.5 Å². The second-order valence-corrected chi connectivity index (χ2v) is 6.54. The van der Waals surface area contributed by atoms with Crippen molar-refractivity contribution in [3.63, 3.8) is 0 Å². The highest BCUT2D eigenvalue weighted by Crippen LogP contribution is 2.11.